The third kappa shape index (κ3) is 3.41. The van der Waals surface area contributed by atoms with Crippen LogP contribution in [-0.2, 0) is 4.79 Å². The molecule has 0 bridgehead atoms. The summed E-state index contributed by atoms with van der Waals surface area (Å²) in [4.78, 5) is 23.4. The number of aromatic nitrogens is 2. The number of aryl methyl sites for hydroxylation is 2. The van der Waals surface area contributed by atoms with E-state index in [1.54, 1.807) is 12.1 Å². The number of hydrogen-bond donors (Lipinski definition) is 2. The van der Waals surface area contributed by atoms with E-state index in [0.29, 0.717) is 24.9 Å². The van der Waals surface area contributed by atoms with Gasteiger partial charge in [0, 0.05) is 30.3 Å². The van der Waals surface area contributed by atoms with Gasteiger partial charge in [0.05, 0.1) is 11.4 Å². The molecule has 6 nitrogen and oxygen atoms in total. The monoisotopic (exact) mass is 312 g/mol. The van der Waals surface area contributed by atoms with Crippen LogP contribution in [-0.4, -0.2) is 34.2 Å². The van der Waals surface area contributed by atoms with Crippen molar-refractivity contribution in [3.05, 3.63) is 47.3 Å². The minimum Gasteiger partial charge on any atom is -0.354 e. The van der Waals surface area contributed by atoms with Gasteiger partial charge in [-0.1, -0.05) is 0 Å². The van der Waals surface area contributed by atoms with E-state index in [1.165, 1.54) is 0 Å². The normalized spacial score (nSPS) is 17.7. The van der Waals surface area contributed by atoms with Crippen LogP contribution in [0.4, 0.5) is 0 Å². The number of nitrogens with one attached hydrogen (secondary N) is 2. The van der Waals surface area contributed by atoms with E-state index in [4.69, 9.17) is 0 Å². The molecule has 3 rings (SSSR count). The predicted molar refractivity (Wildman–Crippen MR) is 86.5 cm³/mol. The first-order valence-corrected chi connectivity index (χ1v) is 7.74. The second-order valence-electron chi connectivity index (χ2n) is 5.90. The van der Waals surface area contributed by atoms with Crippen molar-refractivity contribution in [1.82, 2.24) is 20.4 Å². The van der Waals surface area contributed by atoms with Gasteiger partial charge in [-0.05, 0) is 50.6 Å². The first kappa shape index (κ1) is 15.3. The average Bonchev–Trinajstić information content (AvgIpc) is 2.88. The highest BCUT2D eigenvalue weighted by Crippen LogP contribution is 2.13. The number of nitrogens with zero attached hydrogens (tertiary/aromatic N) is 2. The highest BCUT2D eigenvalue weighted by atomic mass is 16.2. The third-order valence-corrected chi connectivity index (χ3v) is 3.98. The average molecular weight is 312 g/mol. The molecule has 1 atom stereocenters. The molecule has 2 amide bonds. The lowest BCUT2D eigenvalue weighted by Crippen LogP contribution is -2.47. The molecule has 2 aromatic rings. The maximum Gasteiger partial charge on any atom is 0.251 e. The van der Waals surface area contributed by atoms with Crippen molar-refractivity contribution in [2.75, 3.05) is 6.54 Å². The Bertz CT molecular complexity index is 724. The van der Waals surface area contributed by atoms with E-state index >= 15 is 0 Å². The van der Waals surface area contributed by atoms with E-state index < -0.39 is 0 Å². The summed E-state index contributed by atoms with van der Waals surface area (Å²) in [7, 11) is 0. The van der Waals surface area contributed by atoms with Crippen LogP contribution in [0.15, 0.2) is 30.3 Å². The first-order valence-electron chi connectivity index (χ1n) is 7.74. The molecule has 1 aliphatic heterocycles. The quantitative estimate of drug-likeness (QED) is 0.902. The number of benzene rings is 1. The Hall–Kier alpha value is -2.63. The molecule has 0 saturated carbocycles. The van der Waals surface area contributed by atoms with Gasteiger partial charge in [0.15, 0.2) is 0 Å². The summed E-state index contributed by atoms with van der Waals surface area (Å²) >= 11 is 0. The van der Waals surface area contributed by atoms with Crippen molar-refractivity contribution < 1.29 is 9.59 Å². The molecule has 1 aromatic carbocycles. The molecule has 0 spiro atoms. The molecule has 0 aliphatic carbocycles. The molecule has 1 aromatic heterocycles. The van der Waals surface area contributed by atoms with E-state index in [2.05, 4.69) is 15.7 Å². The summed E-state index contributed by atoms with van der Waals surface area (Å²) in [6.07, 6.45) is 1.14. The van der Waals surface area contributed by atoms with Gasteiger partial charge in [-0.25, -0.2) is 4.68 Å². The molecule has 120 valence electrons. The van der Waals surface area contributed by atoms with Gasteiger partial charge in [-0.2, -0.15) is 5.10 Å². The first-order chi connectivity index (χ1) is 11.0. The molecular weight excluding hydrogens is 292 g/mol. The molecule has 1 fully saturated rings. The molecule has 1 aliphatic rings. The van der Waals surface area contributed by atoms with Gasteiger partial charge in [0.1, 0.15) is 0 Å². The maximum atomic E-state index is 12.3. The molecular formula is C17H20N4O2. The summed E-state index contributed by atoms with van der Waals surface area (Å²) < 4.78 is 1.85. The Balaban J connectivity index is 1.68. The Kier molecular flexibility index (Phi) is 4.14. The van der Waals surface area contributed by atoms with Crippen LogP contribution in [0, 0.1) is 13.8 Å². The van der Waals surface area contributed by atoms with Gasteiger partial charge < -0.3 is 10.6 Å². The smallest absolute Gasteiger partial charge is 0.251 e. The lowest BCUT2D eigenvalue weighted by molar-refractivity contribution is -0.122. The Labute approximate surface area is 134 Å². The zero-order valence-electron chi connectivity index (χ0n) is 13.3. The number of amides is 2. The summed E-state index contributed by atoms with van der Waals surface area (Å²) in [5, 5.41) is 10.1. The second-order valence-corrected chi connectivity index (χ2v) is 5.90. The highest BCUT2D eigenvalue weighted by molar-refractivity contribution is 5.94. The molecule has 2 heterocycles. The van der Waals surface area contributed by atoms with Crippen LogP contribution >= 0.6 is 0 Å². The summed E-state index contributed by atoms with van der Waals surface area (Å²) in [6.45, 7) is 4.45. The summed E-state index contributed by atoms with van der Waals surface area (Å²) in [5.74, 6) is -0.0733. The van der Waals surface area contributed by atoms with Crippen LogP contribution in [0.25, 0.3) is 5.69 Å². The number of piperidine rings is 1. The van der Waals surface area contributed by atoms with Gasteiger partial charge in [-0.3, -0.25) is 9.59 Å². The second kappa shape index (κ2) is 6.24. The SMILES string of the molecule is Cc1cc(C)n(-c2ccc(C(=O)NC3CCC(=O)NC3)cc2)n1. The number of rotatable bonds is 3. The van der Waals surface area contributed by atoms with Crippen LogP contribution in [0.2, 0.25) is 0 Å². The van der Waals surface area contributed by atoms with Crippen molar-refractivity contribution in [2.45, 2.75) is 32.7 Å². The van der Waals surface area contributed by atoms with E-state index in [1.807, 2.05) is 36.7 Å². The third-order valence-electron chi connectivity index (χ3n) is 3.98. The van der Waals surface area contributed by atoms with Crippen molar-refractivity contribution in [1.29, 1.82) is 0 Å². The fourth-order valence-electron chi connectivity index (χ4n) is 2.77. The molecule has 23 heavy (non-hydrogen) atoms. The topological polar surface area (TPSA) is 76.0 Å². The van der Waals surface area contributed by atoms with Crippen LogP contribution in [0.5, 0.6) is 0 Å². The number of carbonyl (C=O) groups is 2. The Morgan fingerprint density at radius 2 is 2.04 bits per heavy atom. The Morgan fingerprint density at radius 3 is 2.61 bits per heavy atom. The summed E-state index contributed by atoms with van der Waals surface area (Å²) in [5.41, 5.74) is 3.55. The maximum absolute atomic E-state index is 12.3. The molecule has 2 N–H and O–H groups in total. The molecule has 1 saturated heterocycles. The summed E-state index contributed by atoms with van der Waals surface area (Å²) in [6, 6.07) is 9.37. The lowest BCUT2D eigenvalue weighted by Gasteiger charge is -2.23. The number of carbonyl (C=O) groups excluding carboxylic acids is 2. The standard InChI is InChI=1S/C17H20N4O2/c1-11-9-12(2)21(20-11)15-6-3-13(4-7-15)17(23)19-14-5-8-16(22)18-10-14/h3-4,6-7,9,14H,5,8,10H2,1-2H3,(H,18,22)(H,19,23). The van der Waals surface area contributed by atoms with Gasteiger partial charge >= 0.3 is 0 Å². The van der Waals surface area contributed by atoms with Crippen molar-refractivity contribution in [2.24, 2.45) is 0 Å². The van der Waals surface area contributed by atoms with Gasteiger partial charge in [0.2, 0.25) is 5.91 Å². The van der Waals surface area contributed by atoms with Crippen LogP contribution in [0.3, 0.4) is 0 Å². The minimum atomic E-state index is -0.119. The van der Waals surface area contributed by atoms with Crippen molar-refractivity contribution >= 4 is 11.8 Å². The zero-order chi connectivity index (χ0) is 16.4. The Morgan fingerprint density at radius 1 is 1.30 bits per heavy atom. The molecule has 6 heteroatoms. The van der Waals surface area contributed by atoms with Gasteiger partial charge in [0.25, 0.3) is 5.91 Å². The van der Waals surface area contributed by atoms with E-state index in [-0.39, 0.29) is 17.9 Å². The highest BCUT2D eigenvalue weighted by Gasteiger charge is 2.20. The fraction of sp³-hybridized carbons (Fsp3) is 0.353. The molecule has 0 radical (unpaired) electrons. The predicted octanol–water partition coefficient (Wildman–Crippen LogP) is 1.50. The lowest BCUT2D eigenvalue weighted by atomic mass is 10.1. The number of hydrogen-bond acceptors (Lipinski definition) is 3. The molecule has 1 unspecified atom stereocenters. The van der Waals surface area contributed by atoms with Crippen LogP contribution < -0.4 is 10.6 Å². The van der Waals surface area contributed by atoms with Crippen LogP contribution in [0.1, 0.15) is 34.6 Å². The largest absolute Gasteiger partial charge is 0.354 e. The van der Waals surface area contributed by atoms with Gasteiger partial charge in [-0.15, -0.1) is 0 Å². The minimum absolute atomic E-state index is 0.00381. The fourth-order valence-corrected chi connectivity index (χ4v) is 2.77. The zero-order valence-corrected chi connectivity index (χ0v) is 13.3. The van der Waals surface area contributed by atoms with E-state index in [0.717, 1.165) is 17.1 Å². The van der Waals surface area contributed by atoms with Crippen molar-refractivity contribution in [3.63, 3.8) is 0 Å². The van der Waals surface area contributed by atoms with E-state index in [9.17, 15) is 9.59 Å². The van der Waals surface area contributed by atoms with Crippen molar-refractivity contribution in [3.8, 4) is 5.69 Å².